The molecule has 0 spiro atoms. The van der Waals surface area contributed by atoms with Crippen LogP contribution in [-0.2, 0) is 0 Å². The maximum atomic E-state index is 12.8. The fourth-order valence-electron chi connectivity index (χ4n) is 3.42. The molecule has 11 heteroatoms. The third kappa shape index (κ3) is 3.52. The number of hydrogen-bond donors (Lipinski definition) is 0. The SMILES string of the molecule is O=C1c2ccccc2C(=O)N1c1ccc2nc(Sc3ccc(/C=N/n4cnnc4)o3)sc2c1. The highest BCUT2D eigenvalue weighted by atomic mass is 32.2. The van der Waals surface area contributed by atoms with Gasteiger partial charge in [0, 0.05) is 0 Å². The maximum Gasteiger partial charge on any atom is 0.266 e. The number of nitrogens with zero attached hydrogens (tertiary/aromatic N) is 6. The quantitative estimate of drug-likeness (QED) is 0.277. The van der Waals surface area contributed by atoms with Crippen LogP contribution < -0.4 is 4.90 Å². The number of furan rings is 1. The van der Waals surface area contributed by atoms with Crippen LogP contribution >= 0.6 is 23.1 Å². The molecule has 0 unspecified atom stereocenters. The van der Waals surface area contributed by atoms with Gasteiger partial charge in [-0.15, -0.1) is 21.5 Å². The van der Waals surface area contributed by atoms with Gasteiger partial charge in [-0.1, -0.05) is 12.1 Å². The molecule has 6 rings (SSSR count). The third-order valence-corrected chi connectivity index (χ3v) is 6.92. The molecule has 2 aromatic carbocycles. The summed E-state index contributed by atoms with van der Waals surface area (Å²) < 4.78 is 8.89. The molecule has 3 aromatic heterocycles. The molecular weight excluding hydrogens is 460 g/mol. The van der Waals surface area contributed by atoms with Crippen molar-refractivity contribution < 1.29 is 14.0 Å². The van der Waals surface area contributed by atoms with Crippen molar-refractivity contribution in [2.75, 3.05) is 4.90 Å². The van der Waals surface area contributed by atoms with Gasteiger partial charge in [-0.3, -0.25) is 9.59 Å². The van der Waals surface area contributed by atoms with Gasteiger partial charge >= 0.3 is 0 Å². The highest BCUT2D eigenvalue weighted by molar-refractivity contribution is 8.01. The molecule has 0 saturated carbocycles. The van der Waals surface area contributed by atoms with Crippen molar-refractivity contribution in [3.8, 4) is 0 Å². The Kier molecular flexibility index (Phi) is 4.63. The summed E-state index contributed by atoms with van der Waals surface area (Å²) >= 11 is 2.85. The Morgan fingerprint density at radius 1 is 0.970 bits per heavy atom. The zero-order valence-corrected chi connectivity index (χ0v) is 18.3. The van der Waals surface area contributed by atoms with Crippen molar-refractivity contribution >= 4 is 57.0 Å². The average Bonchev–Trinajstić information content (AvgIpc) is 3.61. The minimum absolute atomic E-state index is 0.315. The molecule has 33 heavy (non-hydrogen) atoms. The average molecular weight is 473 g/mol. The maximum absolute atomic E-state index is 12.8. The van der Waals surface area contributed by atoms with Crippen LogP contribution in [0.1, 0.15) is 26.5 Å². The second kappa shape index (κ2) is 7.80. The smallest absolute Gasteiger partial charge is 0.266 e. The van der Waals surface area contributed by atoms with Crippen molar-refractivity contribution in [3.63, 3.8) is 0 Å². The highest BCUT2D eigenvalue weighted by Crippen LogP contribution is 2.37. The van der Waals surface area contributed by atoms with E-state index >= 15 is 0 Å². The molecule has 4 heterocycles. The minimum Gasteiger partial charge on any atom is -0.448 e. The van der Waals surface area contributed by atoms with Crippen molar-refractivity contribution in [1.29, 1.82) is 0 Å². The molecule has 5 aromatic rings. The third-order valence-electron chi connectivity index (χ3n) is 4.92. The molecule has 2 amide bonds. The zero-order valence-electron chi connectivity index (χ0n) is 16.7. The van der Waals surface area contributed by atoms with Crippen LogP contribution in [0.15, 0.2) is 86.2 Å². The Morgan fingerprint density at radius 2 is 1.73 bits per heavy atom. The number of aromatic nitrogens is 4. The zero-order chi connectivity index (χ0) is 22.4. The minimum atomic E-state index is -0.315. The molecule has 1 aliphatic rings. The number of thiazole rings is 1. The lowest BCUT2D eigenvalue weighted by Crippen LogP contribution is -2.29. The van der Waals surface area contributed by atoms with Gasteiger partial charge in [0.1, 0.15) is 18.4 Å². The van der Waals surface area contributed by atoms with Crippen LogP contribution in [0.4, 0.5) is 5.69 Å². The first-order valence-corrected chi connectivity index (χ1v) is 11.3. The van der Waals surface area contributed by atoms with Gasteiger partial charge in [-0.2, -0.15) is 5.10 Å². The molecule has 9 nitrogen and oxygen atoms in total. The van der Waals surface area contributed by atoms with Crippen LogP contribution in [0.2, 0.25) is 0 Å². The summed E-state index contributed by atoms with van der Waals surface area (Å²) in [6.07, 6.45) is 4.53. The van der Waals surface area contributed by atoms with Gasteiger partial charge in [-0.05, 0) is 54.2 Å². The van der Waals surface area contributed by atoms with E-state index in [0.717, 1.165) is 14.6 Å². The summed E-state index contributed by atoms with van der Waals surface area (Å²) in [5.41, 5.74) is 2.15. The Hall–Kier alpha value is -4.09. The van der Waals surface area contributed by atoms with Crippen LogP contribution in [0.3, 0.4) is 0 Å². The number of rotatable bonds is 5. The lowest BCUT2D eigenvalue weighted by molar-refractivity contribution is 0.0926. The van der Waals surface area contributed by atoms with Gasteiger partial charge in [0.2, 0.25) is 0 Å². The molecule has 0 saturated heterocycles. The van der Waals surface area contributed by atoms with E-state index in [0.29, 0.717) is 27.7 Å². The molecule has 160 valence electrons. The molecule has 0 atom stereocenters. The van der Waals surface area contributed by atoms with E-state index in [-0.39, 0.29) is 11.8 Å². The Balaban J connectivity index is 1.23. The van der Waals surface area contributed by atoms with E-state index in [2.05, 4.69) is 20.3 Å². The van der Waals surface area contributed by atoms with Crippen LogP contribution in [0.5, 0.6) is 0 Å². The Bertz CT molecular complexity index is 1520. The predicted molar refractivity (Wildman–Crippen MR) is 123 cm³/mol. The van der Waals surface area contributed by atoms with Gasteiger partial charge in [0.25, 0.3) is 11.8 Å². The standard InChI is InChI=1S/C22H12N6O3S2/c29-20-15-3-1-2-4-16(15)21(30)28(20)13-5-7-17-18(9-13)32-22(26-17)33-19-8-6-14(31-19)10-25-27-11-23-24-12-27/h1-12H/b25-10+. The predicted octanol–water partition coefficient (Wildman–Crippen LogP) is 4.31. The molecule has 1 aliphatic heterocycles. The Morgan fingerprint density at radius 3 is 2.48 bits per heavy atom. The van der Waals surface area contributed by atoms with E-state index < -0.39 is 0 Å². The van der Waals surface area contributed by atoms with E-state index in [1.165, 1.54) is 45.3 Å². The first kappa shape index (κ1) is 19.6. The second-order valence-electron chi connectivity index (χ2n) is 6.97. The van der Waals surface area contributed by atoms with E-state index in [1.807, 2.05) is 24.3 Å². The summed E-state index contributed by atoms with van der Waals surface area (Å²) in [5.74, 6) is -0.0455. The fourth-order valence-corrected chi connectivity index (χ4v) is 5.42. The number of carbonyl (C=O) groups is 2. The number of hydrogen-bond acceptors (Lipinski definition) is 9. The van der Waals surface area contributed by atoms with E-state index in [1.54, 1.807) is 36.5 Å². The monoisotopic (exact) mass is 472 g/mol. The fraction of sp³-hybridized carbons (Fsp3) is 0. The van der Waals surface area contributed by atoms with Gasteiger partial charge in [0.05, 0.1) is 33.2 Å². The second-order valence-corrected chi connectivity index (χ2v) is 9.25. The van der Waals surface area contributed by atoms with Crippen molar-refractivity contribution in [1.82, 2.24) is 19.9 Å². The van der Waals surface area contributed by atoms with E-state index in [4.69, 9.17) is 4.42 Å². The number of carbonyl (C=O) groups excluding carboxylic acids is 2. The first-order valence-electron chi connectivity index (χ1n) is 9.71. The molecule has 0 N–H and O–H groups in total. The van der Waals surface area contributed by atoms with Crippen molar-refractivity contribution in [2.45, 2.75) is 9.43 Å². The molecule has 0 fully saturated rings. The summed E-state index contributed by atoms with van der Waals surface area (Å²) in [6.45, 7) is 0. The highest BCUT2D eigenvalue weighted by Gasteiger charge is 2.36. The molecule has 0 radical (unpaired) electrons. The summed E-state index contributed by atoms with van der Waals surface area (Å²) in [5, 5.41) is 12.2. The van der Waals surface area contributed by atoms with E-state index in [9.17, 15) is 9.59 Å². The summed E-state index contributed by atoms with van der Waals surface area (Å²) in [6, 6.07) is 15.9. The van der Waals surface area contributed by atoms with Crippen molar-refractivity contribution in [3.05, 3.63) is 84.1 Å². The number of anilines is 1. The normalized spacial score (nSPS) is 13.5. The Labute approximate surface area is 194 Å². The lowest BCUT2D eigenvalue weighted by Gasteiger charge is -2.13. The van der Waals surface area contributed by atoms with Crippen LogP contribution in [0, 0.1) is 0 Å². The largest absolute Gasteiger partial charge is 0.448 e. The number of amides is 2. The van der Waals surface area contributed by atoms with Crippen molar-refractivity contribution in [2.24, 2.45) is 5.10 Å². The number of benzene rings is 2. The number of fused-ring (bicyclic) bond motifs is 2. The van der Waals surface area contributed by atoms with Gasteiger partial charge in [-0.25, -0.2) is 14.6 Å². The molecule has 0 bridgehead atoms. The lowest BCUT2D eigenvalue weighted by atomic mass is 10.1. The summed E-state index contributed by atoms with van der Waals surface area (Å²) in [4.78, 5) is 31.4. The topological polar surface area (TPSA) is 106 Å². The number of imide groups is 1. The molecular formula is C22H12N6O3S2. The van der Waals surface area contributed by atoms with Crippen LogP contribution in [0.25, 0.3) is 10.2 Å². The van der Waals surface area contributed by atoms with Gasteiger partial charge in [0.15, 0.2) is 9.43 Å². The van der Waals surface area contributed by atoms with Gasteiger partial charge < -0.3 is 4.42 Å². The first-order chi connectivity index (χ1) is 16.2. The molecule has 0 aliphatic carbocycles. The van der Waals surface area contributed by atoms with Crippen LogP contribution in [-0.4, -0.2) is 37.9 Å². The summed E-state index contributed by atoms with van der Waals surface area (Å²) in [7, 11) is 0.